The number of carboxylic acid groups (broad SMARTS) is 1. The van der Waals surface area contributed by atoms with Crippen molar-refractivity contribution in [2.75, 3.05) is 19.8 Å². The summed E-state index contributed by atoms with van der Waals surface area (Å²) in [4.78, 5) is 21.6. The van der Waals surface area contributed by atoms with Gasteiger partial charge in [-0.2, -0.15) is 0 Å². The molecule has 0 radical (unpaired) electrons. The molecule has 0 bridgehead atoms. The van der Waals surface area contributed by atoms with E-state index in [0.717, 1.165) is 0 Å². The summed E-state index contributed by atoms with van der Waals surface area (Å²) in [6, 6.07) is 0. The first-order valence-corrected chi connectivity index (χ1v) is 4.17. The number of rotatable bonds is 7. The highest BCUT2D eigenvalue weighted by atomic mass is 16.5. The smallest absolute Gasteiger partial charge is 0.318 e. The summed E-state index contributed by atoms with van der Waals surface area (Å²) < 4.78 is 4.86. The second-order valence-corrected chi connectivity index (χ2v) is 3.09. The number of carboxylic acids is 1. The maximum atomic E-state index is 10.9. The maximum Gasteiger partial charge on any atom is 0.318 e. The molecule has 4 N–H and O–H groups in total. The van der Waals surface area contributed by atoms with Crippen molar-refractivity contribution in [3.8, 4) is 0 Å². The lowest BCUT2D eigenvalue weighted by Gasteiger charge is -2.20. The van der Waals surface area contributed by atoms with Crippen LogP contribution in [0.2, 0.25) is 0 Å². The number of amides is 1. The van der Waals surface area contributed by atoms with E-state index in [9.17, 15) is 9.59 Å². The van der Waals surface area contributed by atoms with E-state index >= 15 is 0 Å². The van der Waals surface area contributed by atoms with Crippen LogP contribution in [0.15, 0.2) is 0 Å². The van der Waals surface area contributed by atoms with E-state index in [2.05, 4.69) is 0 Å². The van der Waals surface area contributed by atoms with Crippen LogP contribution in [0.3, 0.4) is 0 Å². The predicted molar refractivity (Wildman–Crippen MR) is 47.5 cm³/mol. The van der Waals surface area contributed by atoms with Gasteiger partial charge in [0.05, 0.1) is 13.2 Å². The van der Waals surface area contributed by atoms with Gasteiger partial charge in [0.15, 0.2) is 0 Å². The van der Waals surface area contributed by atoms with Gasteiger partial charge in [-0.05, 0) is 13.3 Å². The molecule has 0 fully saturated rings. The fourth-order valence-electron chi connectivity index (χ4n) is 0.778. The number of aliphatic carboxylic acids is 1. The number of hydrogen-bond donors (Lipinski definition) is 3. The van der Waals surface area contributed by atoms with Crippen LogP contribution < -0.4 is 5.73 Å². The number of aliphatic hydroxyl groups excluding tert-OH is 1. The summed E-state index contributed by atoms with van der Waals surface area (Å²) in [6.45, 7) is 1.31. The van der Waals surface area contributed by atoms with Gasteiger partial charge < -0.3 is 20.7 Å². The average Bonchev–Trinajstić information content (AvgIpc) is 2.11. The zero-order valence-corrected chi connectivity index (χ0v) is 8.02. The van der Waals surface area contributed by atoms with Crippen LogP contribution in [0.1, 0.15) is 13.3 Å². The summed E-state index contributed by atoms with van der Waals surface area (Å²) in [5, 5.41) is 17.1. The molecule has 0 aromatic carbocycles. The Hall–Kier alpha value is -1.14. The van der Waals surface area contributed by atoms with E-state index in [-0.39, 0.29) is 26.2 Å². The van der Waals surface area contributed by atoms with Crippen molar-refractivity contribution in [3.63, 3.8) is 0 Å². The third-order valence-electron chi connectivity index (χ3n) is 2.00. The molecular formula is C8H15NO5. The average molecular weight is 205 g/mol. The highest BCUT2D eigenvalue weighted by molar-refractivity contribution is 6.00. The number of aliphatic hydroxyl groups is 1. The van der Waals surface area contributed by atoms with Gasteiger partial charge in [-0.1, -0.05) is 0 Å². The molecule has 6 heteroatoms. The van der Waals surface area contributed by atoms with Gasteiger partial charge in [0.1, 0.15) is 5.41 Å². The molecule has 1 unspecified atom stereocenters. The molecule has 6 nitrogen and oxygen atoms in total. The van der Waals surface area contributed by atoms with E-state index < -0.39 is 17.3 Å². The normalized spacial score (nSPS) is 14.7. The van der Waals surface area contributed by atoms with Crippen LogP contribution in [0.5, 0.6) is 0 Å². The zero-order chi connectivity index (χ0) is 11.2. The third kappa shape index (κ3) is 3.31. The maximum absolute atomic E-state index is 10.9. The molecule has 0 aliphatic rings. The van der Waals surface area contributed by atoms with Crippen molar-refractivity contribution in [2.24, 2.45) is 11.1 Å². The van der Waals surface area contributed by atoms with Gasteiger partial charge in [-0.15, -0.1) is 0 Å². The SMILES string of the molecule is CC(CCOCCO)(C(N)=O)C(=O)O. The molecule has 1 amide bonds. The topological polar surface area (TPSA) is 110 Å². The third-order valence-corrected chi connectivity index (χ3v) is 2.00. The van der Waals surface area contributed by atoms with Gasteiger partial charge in [0.2, 0.25) is 5.91 Å². The van der Waals surface area contributed by atoms with Gasteiger partial charge >= 0.3 is 5.97 Å². The Kier molecular flexibility index (Phi) is 5.11. The fourth-order valence-corrected chi connectivity index (χ4v) is 0.778. The summed E-state index contributed by atoms with van der Waals surface area (Å²) in [5.41, 5.74) is 3.36. The molecule has 0 heterocycles. The van der Waals surface area contributed by atoms with Crippen molar-refractivity contribution in [1.82, 2.24) is 0 Å². The summed E-state index contributed by atoms with van der Waals surface area (Å²) in [6.07, 6.45) is -0.00231. The number of carbonyl (C=O) groups excluding carboxylic acids is 1. The monoisotopic (exact) mass is 205 g/mol. The molecule has 0 aromatic heterocycles. The Labute approximate surface area is 81.7 Å². The molecule has 0 saturated carbocycles. The van der Waals surface area contributed by atoms with Gasteiger partial charge in [0, 0.05) is 6.61 Å². The second kappa shape index (κ2) is 5.56. The van der Waals surface area contributed by atoms with E-state index in [0.29, 0.717) is 0 Å². The first-order chi connectivity index (χ1) is 6.45. The number of nitrogens with two attached hydrogens (primary N) is 1. The Morgan fingerprint density at radius 1 is 1.43 bits per heavy atom. The second-order valence-electron chi connectivity index (χ2n) is 3.09. The van der Waals surface area contributed by atoms with Gasteiger partial charge in [-0.25, -0.2) is 0 Å². The molecule has 0 aliphatic carbocycles. The molecular weight excluding hydrogens is 190 g/mol. The highest BCUT2D eigenvalue weighted by Gasteiger charge is 2.39. The lowest BCUT2D eigenvalue weighted by atomic mass is 9.86. The zero-order valence-electron chi connectivity index (χ0n) is 8.02. The largest absolute Gasteiger partial charge is 0.480 e. The first kappa shape index (κ1) is 12.9. The molecule has 82 valence electrons. The molecule has 0 aromatic rings. The lowest BCUT2D eigenvalue weighted by Crippen LogP contribution is -2.42. The van der Waals surface area contributed by atoms with Crippen LogP contribution in [0.4, 0.5) is 0 Å². The summed E-state index contributed by atoms with van der Waals surface area (Å²) in [5.74, 6) is -2.16. The molecule has 0 saturated heterocycles. The number of carbonyl (C=O) groups is 2. The van der Waals surface area contributed by atoms with E-state index in [4.69, 9.17) is 20.7 Å². The summed E-state index contributed by atoms with van der Waals surface area (Å²) in [7, 11) is 0. The van der Waals surface area contributed by atoms with Crippen LogP contribution >= 0.6 is 0 Å². The van der Waals surface area contributed by atoms with Crippen molar-refractivity contribution >= 4 is 11.9 Å². The fraction of sp³-hybridized carbons (Fsp3) is 0.750. The molecule has 1 atom stereocenters. The molecule has 0 rings (SSSR count). The van der Waals surface area contributed by atoms with Crippen molar-refractivity contribution in [2.45, 2.75) is 13.3 Å². The van der Waals surface area contributed by atoms with Crippen molar-refractivity contribution in [1.29, 1.82) is 0 Å². The minimum atomic E-state index is -1.60. The van der Waals surface area contributed by atoms with E-state index in [1.54, 1.807) is 0 Å². The van der Waals surface area contributed by atoms with Crippen LogP contribution in [-0.2, 0) is 14.3 Å². The number of ether oxygens (including phenoxy) is 1. The van der Waals surface area contributed by atoms with Crippen LogP contribution in [0.25, 0.3) is 0 Å². The van der Waals surface area contributed by atoms with Crippen LogP contribution in [0, 0.1) is 5.41 Å². The Morgan fingerprint density at radius 3 is 2.36 bits per heavy atom. The number of hydrogen-bond acceptors (Lipinski definition) is 4. The van der Waals surface area contributed by atoms with Crippen LogP contribution in [-0.4, -0.2) is 41.9 Å². The quantitative estimate of drug-likeness (QED) is 0.363. The van der Waals surface area contributed by atoms with E-state index in [1.165, 1.54) is 6.92 Å². The van der Waals surface area contributed by atoms with E-state index in [1.807, 2.05) is 0 Å². The molecule has 0 spiro atoms. The standard InChI is InChI=1S/C8H15NO5/c1-8(6(9)11,7(12)13)2-4-14-5-3-10/h10H,2-5H2,1H3,(H2,9,11)(H,12,13). The predicted octanol–water partition coefficient (Wildman–Crippen LogP) is -1.04. The minimum absolute atomic E-state index is 0.00231. The Bertz CT molecular complexity index is 202. The van der Waals surface area contributed by atoms with Crippen molar-refractivity contribution in [3.05, 3.63) is 0 Å². The first-order valence-electron chi connectivity index (χ1n) is 4.17. The highest BCUT2D eigenvalue weighted by Crippen LogP contribution is 2.20. The molecule has 0 aliphatic heterocycles. The molecule has 14 heavy (non-hydrogen) atoms. The summed E-state index contributed by atoms with van der Waals surface area (Å²) >= 11 is 0. The Balaban J connectivity index is 4.12. The van der Waals surface area contributed by atoms with Gasteiger partial charge in [0.25, 0.3) is 0 Å². The Morgan fingerprint density at radius 2 is 2.00 bits per heavy atom. The van der Waals surface area contributed by atoms with Crippen molar-refractivity contribution < 1.29 is 24.5 Å². The number of primary amides is 1. The van der Waals surface area contributed by atoms with Gasteiger partial charge in [-0.3, -0.25) is 9.59 Å². The minimum Gasteiger partial charge on any atom is -0.480 e. The lowest BCUT2D eigenvalue weighted by molar-refractivity contribution is -0.154.